The van der Waals surface area contributed by atoms with Crippen molar-refractivity contribution in [2.24, 2.45) is 5.41 Å². The van der Waals surface area contributed by atoms with Crippen molar-refractivity contribution in [1.29, 1.82) is 5.26 Å². The predicted octanol–water partition coefficient (Wildman–Crippen LogP) is 2.88. The molecule has 0 aliphatic heterocycles. The number of aromatic carboxylic acids is 1. The number of carboxylic acid groups (broad SMARTS) is 1. The van der Waals surface area contributed by atoms with Crippen LogP contribution in [0.4, 0.5) is 0 Å². The first-order valence-corrected chi connectivity index (χ1v) is 6.18. The molecule has 0 amide bonds. The van der Waals surface area contributed by atoms with Crippen LogP contribution in [0, 0.1) is 16.7 Å². The topological polar surface area (TPSA) is 83.2 Å². The van der Waals surface area contributed by atoms with Crippen molar-refractivity contribution < 1.29 is 14.6 Å². The Morgan fingerprint density at radius 3 is 2.74 bits per heavy atom. The first-order chi connectivity index (χ1) is 8.94. The fourth-order valence-corrected chi connectivity index (χ4v) is 1.51. The molecule has 1 aromatic rings. The summed E-state index contributed by atoms with van der Waals surface area (Å²) in [5, 5.41) is 17.6. The molecule has 5 nitrogen and oxygen atoms in total. The summed E-state index contributed by atoms with van der Waals surface area (Å²) in [5.74, 6) is -0.491. The van der Waals surface area contributed by atoms with Gasteiger partial charge in [0.2, 0.25) is 0 Å². The van der Waals surface area contributed by atoms with Gasteiger partial charge in [0.25, 0.3) is 0 Å². The van der Waals surface area contributed by atoms with Crippen LogP contribution in [0.25, 0.3) is 0 Å². The van der Waals surface area contributed by atoms with Crippen LogP contribution in [0.3, 0.4) is 0 Å². The molecule has 1 aromatic heterocycles. The van der Waals surface area contributed by atoms with Crippen LogP contribution in [0.5, 0.6) is 5.75 Å². The molecule has 0 aromatic carbocycles. The molecule has 5 heteroatoms. The molecule has 0 aliphatic rings. The molecular weight excluding hydrogens is 244 g/mol. The summed E-state index contributed by atoms with van der Waals surface area (Å²) >= 11 is 0. The highest BCUT2D eigenvalue weighted by molar-refractivity contribution is 5.85. The van der Waals surface area contributed by atoms with E-state index >= 15 is 0 Å². The quantitative estimate of drug-likeness (QED) is 0.764. The summed E-state index contributed by atoms with van der Waals surface area (Å²) in [7, 11) is 0. The predicted molar refractivity (Wildman–Crippen MR) is 69.9 cm³/mol. The van der Waals surface area contributed by atoms with Crippen molar-refractivity contribution in [3.8, 4) is 11.8 Å². The number of hydrogen-bond acceptors (Lipinski definition) is 4. The molecule has 0 radical (unpaired) electrons. The molecule has 0 fully saturated rings. The second kappa shape index (κ2) is 6.74. The van der Waals surface area contributed by atoms with Crippen LogP contribution in [0.2, 0.25) is 0 Å². The lowest BCUT2D eigenvalue weighted by Crippen LogP contribution is -2.08. The first-order valence-electron chi connectivity index (χ1n) is 6.18. The van der Waals surface area contributed by atoms with Gasteiger partial charge >= 0.3 is 5.97 Å². The van der Waals surface area contributed by atoms with Crippen molar-refractivity contribution in [1.82, 2.24) is 4.98 Å². The summed E-state index contributed by atoms with van der Waals surface area (Å²) in [5.41, 5.74) is -0.284. The second-order valence-corrected chi connectivity index (χ2v) is 4.99. The Bertz CT molecular complexity index is 461. The van der Waals surface area contributed by atoms with Crippen molar-refractivity contribution in [3.05, 3.63) is 24.0 Å². The van der Waals surface area contributed by atoms with Gasteiger partial charge in [0.15, 0.2) is 0 Å². The molecule has 0 unspecified atom stereocenters. The number of nitrogens with zero attached hydrogens (tertiary/aromatic N) is 2. The number of nitriles is 1. The van der Waals surface area contributed by atoms with Gasteiger partial charge in [-0.25, -0.2) is 9.78 Å². The summed E-state index contributed by atoms with van der Waals surface area (Å²) in [6.45, 7) is 4.38. The van der Waals surface area contributed by atoms with Gasteiger partial charge in [-0.05, 0) is 45.2 Å². The van der Waals surface area contributed by atoms with E-state index < -0.39 is 5.97 Å². The minimum atomic E-state index is -1.05. The maximum absolute atomic E-state index is 10.6. The molecule has 0 saturated carbocycles. The summed E-state index contributed by atoms with van der Waals surface area (Å²) in [6.07, 6.45) is 4.01. The molecule has 102 valence electrons. The van der Waals surface area contributed by atoms with Gasteiger partial charge < -0.3 is 9.84 Å². The van der Waals surface area contributed by atoms with E-state index in [1.165, 1.54) is 12.3 Å². The van der Waals surface area contributed by atoms with Gasteiger partial charge in [0, 0.05) is 0 Å². The Morgan fingerprint density at radius 1 is 1.47 bits per heavy atom. The van der Waals surface area contributed by atoms with Crippen molar-refractivity contribution in [3.63, 3.8) is 0 Å². The van der Waals surface area contributed by atoms with Crippen LogP contribution in [0.15, 0.2) is 18.3 Å². The normalized spacial score (nSPS) is 10.8. The van der Waals surface area contributed by atoms with Gasteiger partial charge in [-0.2, -0.15) is 5.26 Å². The third kappa shape index (κ3) is 5.38. The Balaban J connectivity index is 2.27. The number of aromatic nitrogens is 1. The first kappa shape index (κ1) is 15.0. The second-order valence-electron chi connectivity index (χ2n) is 4.99. The number of carboxylic acids is 1. The monoisotopic (exact) mass is 262 g/mol. The Morgan fingerprint density at radius 2 is 2.21 bits per heavy atom. The zero-order valence-electron chi connectivity index (χ0n) is 11.2. The maximum atomic E-state index is 10.6. The SMILES string of the molecule is CC(C)(C#N)CCCCOc1ccc(C(=O)O)nc1. The van der Waals surface area contributed by atoms with Crippen LogP contribution in [-0.4, -0.2) is 22.7 Å². The van der Waals surface area contributed by atoms with Gasteiger partial charge in [0.05, 0.1) is 24.3 Å². The smallest absolute Gasteiger partial charge is 0.354 e. The van der Waals surface area contributed by atoms with Crippen molar-refractivity contribution >= 4 is 5.97 Å². The molecule has 1 N–H and O–H groups in total. The minimum Gasteiger partial charge on any atom is -0.492 e. The highest BCUT2D eigenvalue weighted by Crippen LogP contribution is 2.21. The van der Waals surface area contributed by atoms with E-state index in [0.717, 1.165) is 19.3 Å². The molecule has 0 bridgehead atoms. The third-order valence-electron chi connectivity index (χ3n) is 2.72. The minimum absolute atomic E-state index is 0.00289. The average Bonchev–Trinajstić information content (AvgIpc) is 2.39. The number of ether oxygens (including phenoxy) is 1. The van der Waals surface area contributed by atoms with Crippen LogP contribution in [-0.2, 0) is 0 Å². The van der Waals surface area contributed by atoms with Gasteiger partial charge in [-0.1, -0.05) is 0 Å². The fraction of sp³-hybridized carbons (Fsp3) is 0.500. The lowest BCUT2D eigenvalue weighted by atomic mass is 9.89. The molecule has 19 heavy (non-hydrogen) atoms. The fourth-order valence-electron chi connectivity index (χ4n) is 1.51. The molecule has 1 rings (SSSR count). The zero-order valence-corrected chi connectivity index (χ0v) is 11.2. The van der Waals surface area contributed by atoms with Crippen LogP contribution < -0.4 is 4.74 Å². The molecule has 0 aliphatic carbocycles. The Labute approximate surface area is 112 Å². The van der Waals surface area contributed by atoms with E-state index in [1.807, 2.05) is 13.8 Å². The van der Waals surface area contributed by atoms with E-state index in [2.05, 4.69) is 11.1 Å². The maximum Gasteiger partial charge on any atom is 0.354 e. The van der Waals surface area contributed by atoms with E-state index in [-0.39, 0.29) is 11.1 Å². The summed E-state index contributed by atoms with van der Waals surface area (Å²) in [6, 6.07) is 5.27. The molecular formula is C14H18N2O3. The highest BCUT2D eigenvalue weighted by atomic mass is 16.5. The van der Waals surface area contributed by atoms with Gasteiger partial charge in [0.1, 0.15) is 11.4 Å². The van der Waals surface area contributed by atoms with Gasteiger partial charge in [-0.3, -0.25) is 0 Å². The van der Waals surface area contributed by atoms with E-state index in [4.69, 9.17) is 15.1 Å². The number of pyridine rings is 1. The van der Waals surface area contributed by atoms with E-state index in [1.54, 1.807) is 6.07 Å². The number of rotatable bonds is 7. The van der Waals surface area contributed by atoms with Gasteiger partial charge in [-0.15, -0.1) is 0 Å². The molecule has 0 spiro atoms. The van der Waals surface area contributed by atoms with E-state index in [9.17, 15) is 4.79 Å². The molecule has 1 heterocycles. The summed E-state index contributed by atoms with van der Waals surface area (Å²) < 4.78 is 5.45. The van der Waals surface area contributed by atoms with Crippen LogP contribution in [0.1, 0.15) is 43.6 Å². The van der Waals surface area contributed by atoms with Crippen molar-refractivity contribution in [2.45, 2.75) is 33.1 Å². The average molecular weight is 262 g/mol. The third-order valence-corrected chi connectivity index (χ3v) is 2.72. The lowest BCUT2D eigenvalue weighted by Gasteiger charge is -2.14. The zero-order chi connectivity index (χ0) is 14.3. The highest BCUT2D eigenvalue weighted by Gasteiger charge is 2.15. The number of carbonyl (C=O) groups is 1. The number of unbranched alkanes of at least 4 members (excludes halogenated alkanes) is 1. The standard InChI is InChI=1S/C14H18N2O3/c1-14(2,10-15)7-3-4-8-19-11-5-6-12(13(17)18)16-9-11/h5-6,9H,3-4,7-8H2,1-2H3,(H,17,18). The Kier molecular flexibility index (Phi) is 5.31. The summed E-state index contributed by atoms with van der Waals surface area (Å²) in [4.78, 5) is 14.4. The molecule has 0 atom stereocenters. The van der Waals surface area contributed by atoms with Crippen LogP contribution >= 0.6 is 0 Å². The number of hydrogen-bond donors (Lipinski definition) is 1. The van der Waals surface area contributed by atoms with E-state index in [0.29, 0.717) is 12.4 Å². The molecule has 0 saturated heterocycles. The Hall–Kier alpha value is -2.09. The largest absolute Gasteiger partial charge is 0.492 e. The lowest BCUT2D eigenvalue weighted by molar-refractivity contribution is 0.0690. The van der Waals surface area contributed by atoms with Crippen molar-refractivity contribution in [2.75, 3.05) is 6.61 Å².